The van der Waals surface area contributed by atoms with Crippen LogP contribution in [0.25, 0.3) is 0 Å². The molecule has 1 aromatic rings. The summed E-state index contributed by atoms with van der Waals surface area (Å²) in [5, 5.41) is 0.599. The lowest BCUT2D eigenvalue weighted by Crippen LogP contribution is -2.44. The number of piperidine rings is 1. The summed E-state index contributed by atoms with van der Waals surface area (Å²) in [6.07, 6.45) is 1.02. The first-order valence-electron chi connectivity index (χ1n) is 9.70. The third-order valence-corrected chi connectivity index (χ3v) is 4.64. The normalized spacial score (nSPS) is 18.5. The van der Waals surface area contributed by atoms with E-state index in [-0.39, 0.29) is 24.7 Å². The second-order valence-electron chi connectivity index (χ2n) is 7.92. The molecule has 1 amide bonds. The van der Waals surface area contributed by atoms with Gasteiger partial charge in [-0.2, -0.15) is 0 Å². The Balaban J connectivity index is 2.14. The van der Waals surface area contributed by atoms with Crippen molar-refractivity contribution in [2.75, 3.05) is 26.3 Å². The van der Waals surface area contributed by atoms with Crippen LogP contribution in [0.15, 0.2) is 24.3 Å². The van der Waals surface area contributed by atoms with Crippen LogP contribution in [0.3, 0.4) is 0 Å². The maximum atomic E-state index is 12.5. The van der Waals surface area contributed by atoms with Gasteiger partial charge in [-0.05, 0) is 58.2 Å². The Labute approximate surface area is 172 Å². The van der Waals surface area contributed by atoms with Crippen molar-refractivity contribution in [2.24, 2.45) is 5.92 Å². The lowest BCUT2D eigenvalue weighted by molar-refractivity contribution is -0.152. The van der Waals surface area contributed by atoms with E-state index in [9.17, 15) is 9.59 Å². The number of nitrogens with zero attached hydrogens (tertiary/aromatic N) is 1. The molecule has 0 radical (unpaired) electrons. The lowest BCUT2D eigenvalue weighted by atomic mass is 9.88. The summed E-state index contributed by atoms with van der Waals surface area (Å²) in [4.78, 5) is 26.0. The minimum Gasteiger partial charge on any atom is -0.464 e. The minimum absolute atomic E-state index is 0.0224. The van der Waals surface area contributed by atoms with E-state index in [2.05, 4.69) is 0 Å². The van der Waals surface area contributed by atoms with Gasteiger partial charge in [0.05, 0.1) is 12.7 Å². The Morgan fingerprint density at radius 1 is 1.32 bits per heavy atom. The average molecular weight is 412 g/mol. The molecule has 1 aliphatic heterocycles. The summed E-state index contributed by atoms with van der Waals surface area (Å²) in [6, 6.07) is 7.41. The first-order chi connectivity index (χ1) is 13.2. The van der Waals surface area contributed by atoms with Crippen LogP contribution in [0.1, 0.15) is 52.2 Å². The van der Waals surface area contributed by atoms with Gasteiger partial charge in [-0.25, -0.2) is 9.59 Å². The summed E-state index contributed by atoms with van der Waals surface area (Å²) in [6.45, 7) is 8.61. The molecule has 1 unspecified atom stereocenters. The van der Waals surface area contributed by atoms with Crippen LogP contribution in [0.4, 0.5) is 4.79 Å². The van der Waals surface area contributed by atoms with E-state index in [1.807, 2.05) is 39.0 Å². The van der Waals surface area contributed by atoms with Gasteiger partial charge in [-0.1, -0.05) is 23.7 Å². The third-order valence-electron chi connectivity index (χ3n) is 4.40. The second-order valence-corrected chi connectivity index (χ2v) is 8.36. The smallest absolute Gasteiger partial charge is 0.410 e. The van der Waals surface area contributed by atoms with Crippen molar-refractivity contribution in [3.63, 3.8) is 0 Å². The highest BCUT2D eigenvalue weighted by Crippen LogP contribution is 2.34. The number of rotatable bonds is 6. The Morgan fingerprint density at radius 2 is 2.07 bits per heavy atom. The SMILES string of the molecule is CCOC(=O)CO[C@@H](c1cccc(Cl)c1)C1CCCN(C(=O)OC(C)(C)C)C1. The standard InChI is InChI=1S/C21H30ClNO5/c1-5-26-18(24)14-27-19(15-8-6-10-17(22)12-15)16-9-7-11-23(13-16)20(25)28-21(2,3)4/h6,8,10,12,16,19H,5,7,9,11,13-14H2,1-4H3/t16?,19-/m0/s1. The molecule has 0 N–H and O–H groups in total. The van der Waals surface area contributed by atoms with E-state index < -0.39 is 11.6 Å². The van der Waals surface area contributed by atoms with E-state index in [4.69, 9.17) is 25.8 Å². The summed E-state index contributed by atoms with van der Waals surface area (Å²) in [5.74, 6) is -0.386. The largest absolute Gasteiger partial charge is 0.464 e. The van der Waals surface area contributed by atoms with Gasteiger partial charge < -0.3 is 19.1 Å². The zero-order chi connectivity index (χ0) is 20.7. The van der Waals surface area contributed by atoms with Crippen molar-refractivity contribution >= 4 is 23.7 Å². The van der Waals surface area contributed by atoms with Crippen LogP contribution in [0.5, 0.6) is 0 Å². The number of carbonyl (C=O) groups is 2. The van der Waals surface area contributed by atoms with Crippen molar-refractivity contribution in [2.45, 2.75) is 52.2 Å². The highest BCUT2D eigenvalue weighted by molar-refractivity contribution is 6.30. The number of amides is 1. The molecule has 1 heterocycles. The molecule has 2 rings (SSSR count). The van der Waals surface area contributed by atoms with Crippen molar-refractivity contribution in [3.05, 3.63) is 34.9 Å². The topological polar surface area (TPSA) is 65.1 Å². The summed E-state index contributed by atoms with van der Waals surface area (Å²) in [5.41, 5.74) is 0.337. The van der Waals surface area contributed by atoms with Crippen LogP contribution in [-0.2, 0) is 19.0 Å². The molecule has 28 heavy (non-hydrogen) atoms. The summed E-state index contributed by atoms with van der Waals surface area (Å²) >= 11 is 6.16. The van der Waals surface area contributed by atoms with Gasteiger partial charge in [0.15, 0.2) is 0 Å². The Bertz CT molecular complexity index is 673. The number of ether oxygens (including phenoxy) is 3. The van der Waals surface area contributed by atoms with E-state index in [1.165, 1.54) is 0 Å². The summed E-state index contributed by atoms with van der Waals surface area (Å²) in [7, 11) is 0. The monoisotopic (exact) mass is 411 g/mol. The molecule has 0 bridgehead atoms. The van der Waals surface area contributed by atoms with Crippen LogP contribution < -0.4 is 0 Å². The van der Waals surface area contributed by atoms with Crippen LogP contribution in [0, 0.1) is 5.92 Å². The van der Waals surface area contributed by atoms with E-state index in [0.29, 0.717) is 24.7 Å². The Morgan fingerprint density at radius 3 is 2.71 bits per heavy atom. The van der Waals surface area contributed by atoms with Gasteiger partial charge in [-0.15, -0.1) is 0 Å². The van der Waals surface area contributed by atoms with Crippen molar-refractivity contribution in [1.29, 1.82) is 0 Å². The predicted molar refractivity (Wildman–Crippen MR) is 107 cm³/mol. The summed E-state index contributed by atoms with van der Waals surface area (Å²) < 4.78 is 16.4. The van der Waals surface area contributed by atoms with Gasteiger partial charge in [0.2, 0.25) is 0 Å². The maximum Gasteiger partial charge on any atom is 0.410 e. The number of hydrogen-bond donors (Lipinski definition) is 0. The second kappa shape index (κ2) is 10.1. The molecular formula is C21H30ClNO5. The van der Waals surface area contributed by atoms with Gasteiger partial charge >= 0.3 is 12.1 Å². The molecule has 1 aromatic carbocycles. The molecule has 0 saturated carbocycles. The Kier molecular flexibility index (Phi) is 8.13. The molecule has 1 saturated heterocycles. The number of benzene rings is 1. The predicted octanol–water partition coefficient (Wildman–Crippen LogP) is 4.61. The number of hydrogen-bond acceptors (Lipinski definition) is 5. The third kappa shape index (κ3) is 6.99. The molecule has 0 aliphatic carbocycles. The number of carbonyl (C=O) groups excluding carboxylic acids is 2. The molecule has 0 aromatic heterocycles. The van der Waals surface area contributed by atoms with Crippen LogP contribution >= 0.6 is 11.6 Å². The zero-order valence-electron chi connectivity index (χ0n) is 17.1. The minimum atomic E-state index is -0.545. The molecule has 156 valence electrons. The van der Waals surface area contributed by atoms with Crippen molar-refractivity contribution < 1.29 is 23.8 Å². The highest BCUT2D eigenvalue weighted by atomic mass is 35.5. The molecule has 2 atom stereocenters. The molecule has 1 aliphatic rings. The molecular weight excluding hydrogens is 382 g/mol. The van der Waals surface area contributed by atoms with E-state index in [0.717, 1.165) is 18.4 Å². The lowest BCUT2D eigenvalue weighted by Gasteiger charge is -2.37. The van der Waals surface area contributed by atoms with Gasteiger partial charge in [0.1, 0.15) is 12.2 Å². The number of halogens is 1. The number of esters is 1. The van der Waals surface area contributed by atoms with Crippen LogP contribution in [-0.4, -0.2) is 48.9 Å². The molecule has 6 nitrogen and oxygen atoms in total. The van der Waals surface area contributed by atoms with Gasteiger partial charge in [0, 0.05) is 24.0 Å². The van der Waals surface area contributed by atoms with E-state index >= 15 is 0 Å². The molecule has 0 spiro atoms. The van der Waals surface area contributed by atoms with Gasteiger partial charge in [0.25, 0.3) is 0 Å². The molecule has 7 heteroatoms. The van der Waals surface area contributed by atoms with Gasteiger partial charge in [-0.3, -0.25) is 0 Å². The fourth-order valence-corrected chi connectivity index (χ4v) is 3.50. The van der Waals surface area contributed by atoms with Crippen LogP contribution in [0.2, 0.25) is 5.02 Å². The van der Waals surface area contributed by atoms with E-state index in [1.54, 1.807) is 17.9 Å². The fraction of sp³-hybridized carbons (Fsp3) is 0.619. The van der Waals surface area contributed by atoms with Crippen molar-refractivity contribution in [3.8, 4) is 0 Å². The first-order valence-corrected chi connectivity index (χ1v) is 10.1. The van der Waals surface area contributed by atoms with Crippen molar-refractivity contribution in [1.82, 2.24) is 4.90 Å². The number of likely N-dealkylation sites (tertiary alicyclic amines) is 1. The first kappa shape index (κ1) is 22.5. The molecule has 1 fully saturated rings. The Hall–Kier alpha value is -1.79. The maximum absolute atomic E-state index is 12.5. The highest BCUT2D eigenvalue weighted by Gasteiger charge is 2.33. The average Bonchev–Trinajstić information content (AvgIpc) is 2.61. The zero-order valence-corrected chi connectivity index (χ0v) is 17.8. The quantitative estimate of drug-likeness (QED) is 0.639. The fourth-order valence-electron chi connectivity index (χ4n) is 3.30.